The van der Waals surface area contributed by atoms with Crippen LogP contribution in [0.15, 0.2) is 18.2 Å². The molecule has 1 aliphatic rings. The van der Waals surface area contributed by atoms with Crippen LogP contribution in [0.25, 0.3) is 0 Å². The van der Waals surface area contributed by atoms with E-state index in [0.717, 1.165) is 25.9 Å². The Morgan fingerprint density at radius 2 is 1.94 bits per heavy atom. The molecule has 1 heterocycles. The molecule has 5 heteroatoms. The van der Waals surface area contributed by atoms with Crippen LogP contribution in [0, 0.1) is 0 Å². The molecule has 1 saturated heterocycles. The maximum absolute atomic E-state index is 12.2. The molecule has 0 radical (unpaired) electrons. The highest BCUT2D eigenvalue weighted by Gasteiger charge is 2.23. The average molecular weight is 337 g/mol. The van der Waals surface area contributed by atoms with E-state index in [1.165, 1.54) is 0 Å². The second kappa shape index (κ2) is 5.59. The van der Waals surface area contributed by atoms with Crippen LogP contribution in [0.4, 0.5) is 0 Å². The van der Waals surface area contributed by atoms with E-state index in [1.54, 1.807) is 18.2 Å². The monoisotopic (exact) mass is 335 g/mol. The SMILES string of the molecule is O=C(c1ccc(Cl)cc1Cl)N1CCC(Br)CC1. The quantitative estimate of drug-likeness (QED) is 0.710. The lowest BCUT2D eigenvalue weighted by Crippen LogP contribution is -2.38. The lowest BCUT2D eigenvalue weighted by Gasteiger charge is -2.29. The van der Waals surface area contributed by atoms with Gasteiger partial charge in [0, 0.05) is 22.9 Å². The molecule has 0 unspecified atom stereocenters. The second-order valence-electron chi connectivity index (χ2n) is 4.09. The molecule has 2 nitrogen and oxygen atoms in total. The van der Waals surface area contributed by atoms with Gasteiger partial charge in [-0.25, -0.2) is 0 Å². The summed E-state index contributed by atoms with van der Waals surface area (Å²) in [5.74, 6) is -0.00827. The van der Waals surface area contributed by atoms with Crippen LogP contribution in [0.2, 0.25) is 10.0 Å². The molecule has 92 valence electrons. The van der Waals surface area contributed by atoms with Gasteiger partial charge in [-0.1, -0.05) is 39.1 Å². The fraction of sp³-hybridized carbons (Fsp3) is 0.417. The minimum Gasteiger partial charge on any atom is -0.339 e. The van der Waals surface area contributed by atoms with Crippen molar-refractivity contribution in [3.05, 3.63) is 33.8 Å². The fourth-order valence-corrected chi connectivity index (χ4v) is 2.78. The summed E-state index contributed by atoms with van der Waals surface area (Å²) in [4.78, 5) is 14.6. The van der Waals surface area contributed by atoms with E-state index in [4.69, 9.17) is 23.2 Å². The molecule has 1 fully saturated rings. The van der Waals surface area contributed by atoms with Gasteiger partial charge in [-0.15, -0.1) is 0 Å². The number of likely N-dealkylation sites (tertiary alicyclic amines) is 1. The number of alkyl halides is 1. The van der Waals surface area contributed by atoms with Crippen molar-refractivity contribution in [2.45, 2.75) is 17.7 Å². The summed E-state index contributed by atoms with van der Waals surface area (Å²) in [6, 6.07) is 4.98. The first-order valence-electron chi connectivity index (χ1n) is 5.46. The maximum Gasteiger partial charge on any atom is 0.255 e. The molecule has 0 bridgehead atoms. The van der Waals surface area contributed by atoms with Gasteiger partial charge >= 0.3 is 0 Å². The van der Waals surface area contributed by atoms with E-state index >= 15 is 0 Å². The van der Waals surface area contributed by atoms with Gasteiger partial charge in [0.05, 0.1) is 10.6 Å². The first-order valence-corrected chi connectivity index (χ1v) is 7.13. The summed E-state index contributed by atoms with van der Waals surface area (Å²) in [6.07, 6.45) is 1.97. The number of carbonyl (C=O) groups excluding carboxylic acids is 1. The second-order valence-corrected chi connectivity index (χ2v) is 6.23. The molecule has 0 N–H and O–H groups in total. The molecule has 1 aliphatic heterocycles. The van der Waals surface area contributed by atoms with Crippen LogP contribution in [-0.4, -0.2) is 28.7 Å². The van der Waals surface area contributed by atoms with Gasteiger partial charge < -0.3 is 4.90 Å². The zero-order valence-electron chi connectivity index (χ0n) is 9.13. The molecule has 0 aliphatic carbocycles. The van der Waals surface area contributed by atoms with Crippen molar-refractivity contribution < 1.29 is 4.79 Å². The molecule has 0 saturated carbocycles. The van der Waals surface area contributed by atoms with Crippen LogP contribution in [0.3, 0.4) is 0 Å². The van der Waals surface area contributed by atoms with Crippen molar-refractivity contribution in [2.75, 3.05) is 13.1 Å². The van der Waals surface area contributed by atoms with Gasteiger partial charge in [-0.3, -0.25) is 4.79 Å². The van der Waals surface area contributed by atoms with Crippen LogP contribution in [-0.2, 0) is 0 Å². The van der Waals surface area contributed by atoms with Gasteiger partial charge in [0.2, 0.25) is 0 Å². The van der Waals surface area contributed by atoms with Crippen molar-refractivity contribution >= 4 is 45.0 Å². The number of amides is 1. The van der Waals surface area contributed by atoms with Crippen molar-refractivity contribution in [1.29, 1.82) is 0 Å². The Bertz CT molecular complexity index is 431. The summed E-state index contributed by atoms with van der Waals surface area (Å²) in [7, 11) is 0. The number of rotatable bonds is 1. The summed E-state index contributed by atoms with van der Waals surface area (Å²) in [5, 5.41) is 0.967. The Labute approximate surface area is 119 Å². The lowest BCUT2D eigenvalue weighted by molar-refractivity contribution is 0.0728. The van der Waals surface area contributed by atoms with Gasteiger partial charge in [0.15, 0.2) is 0 Å². The summed E-state index contributed by atoms with van der Waals surface area (Å²) < 4.78 is 0. The number of carbonyl (C=O) groups is 1. The number of piperidine rings is 1. The standard InChI is InChI=1S/C12H12BrCl2NO/c13-8-3-5-16(6-4-8)12(17)10-2-1-9(14)7-11(10)15/h1-2,7-8H,3-6H2. The van der Waals surface area contributed by atoms with Gasteiger partial charge in [-0.05, 0) is 31.0 Å². The largest absolute Gasteiger partial charge is 0.339 e. The van der Waals surface area contributed by atoms with E-state index in [-0.39, 0.29) is 5.91 Å². The van der Waals surface area contributed by atoms with Crippen LogP contribution in [0.5, 0.6) is 0 Å². The third-order valence-corrected chi connectivity index (χ3v) is 4.34. The van der Waals surface area contributed by atoms with Crippen LogP contribution >= 0.6 is 39.1 Å². The van der Waals surface area contributed by atoms with Gasteiger partial charge in [0.25, 0.3) is 5.91 Å². The highest BCUT2D eigenvalue weighted by Crippen LogP contribution is 2.24. The third-order valence-electron chi connectivity index (χ3n) is 2.87. The minimum atomic E-state index is -0.00827. The number of benzene rings is 1. The smallest absolute Gasteiger partial charge is 0.255 e. The van der Waals surface area contributed by atoms with Gasteiger partial charge in [0.1, 0.15) is 0 Å². The zero-order valence-corrected chi connectivity index (χ0v) is 12.2. The minimum absolute atomic E-state index is 0.00827. The first kappa shape index (κ1) is 13.2. The molecular formula is C12H12BrCl2NO. The zero-order chi connectivity index (χ0) is 12.4. The van der Waals surface area contributed by atoms with Crippen molar-refractivity contribution in [3.63, 3.8) is 0 Å². The molecule has 0 atom stereocenters. The molecule has 17 heavy (non-hydrogen) atoms. The predicted molar refractivity (Wildman–Crippen MR) is 74.3 cm³/mol. The predicted octanol–water partition coefficient (Wildman–Crippen LogP) is 3.99. The van der Waals surface area contributed by atoms with Crippen LogP contribution < -0.4 is 0 Å². The molecule has 0 aromatic heterocycles. The average Bonchev–Trinajstić information content (AvgIpc) is 2.29. The van der Waals surface area contributed by atoms with Crippen LogP contribution in [0.1, 0.15) is 23.2 Å². The van der Waals surface area contributed by atoms with E-state index in [2.05, 4.69) is 15.9 Å². The van der Waals surface area contributed by atoms with E-state index in [0.29, 0.717) is 20.4 Å². The summed E-state index contributed by atoms with van der Waals surface area (Å²) in [6.45, 7) is 1.54. The Balaban J connectivity index is 2.14. The Morgan fingerprint density at radius 3 is 2.53 bits per heavy atom. The Morgan fingerprint density at radius 1 is 1.29 bits per heavy atom. The number of hydrogen-bond acceptors (Lipinski definition) is 1. The lowest BCUT2D eigenvalue weighted by atomic mass is 10.1. The normalized spacial score (nSPS) is 17.2. The molecular weight excluding hydrogens is 325 g/mol. The van der Waals surface area contributed by atoms with Crippen molar-refractivity contribution in [1.82, 2.24) is 4.90 Å². The third kappa shape index (κ3) is 3.15. The topological polar surface area (TPSA) is 20.3 Å². The Hall–Kier alpha value is -0.250. The summed E-state index contributed by atoms with van der Waals surface area (Å²) >= 11 is 15.4. The van der Waals surface area contributed by atoms with E-state index < -0.39 is 0 Å². The van der Waals surface area contributed by atoms with Crippen molar-refractivity contribution in [3.8, 4) is 0 Å². The Kier molecular flexibility index (Phi) is 4.34. The molecule has 1 aromatic rings. The van der Waals surface area contributed by atoms with Gasteiger partial charge in [-0.2, -0.15) is 0 Å². The van der Waals surface area contributed by atoms with E-state index in [1.807, 2.05) is 4.90 Å². The highest BCUT2D eigenvalue weighted by atomic mass is 79.9. The first-order chi connectivity index (χ1) is 8.08. The molecule has 1 aromatic carbocycles. The number of nitrogens with zero attached hydrogens (tertiary/aromatic N) is 1. The molecule has 0 spiro atoms. The number of halogens is 3. The number of hydrogen-bond donors (Lipinski definition) is 0. The summed E-state index contributed by atoms with van der Waals surface area (Å²) in [5.41, 5.74) is 0.532. The highest BCUT2D eigenvalue weighted by molar-refractivity contribution is 9.09. The fourth-order valence-electron chi connectivity index (χ4n) is 1.88. The van der Waals surface area contributed by atoms with Crippen molar-refractivity contribution in [2.24, 2.45) is 0 Å². The maximum atomic E-state index is 12.2. The molecule has 2 rings (SSSR count). The van der Waals surface area contributed by atoms with E-state index in [9.17, 15) is 4.79 Å². The molecule has 1 amide bonds.